The van der Waals surface area contributed by atoms with Crippen LogP contribution in [0.3, 0.4) is 0 Å². The molecular weight excluding hydrogens is 294 g/mol. The molecule has 0 heterocycles. The van der Waals surface area contributed by atoms with Crippen LogP contribution in [0.2, 0.25) is 0 Å². The molecule has 1 rings (SSSR count). The molecule has 0 aromatic heterocycles. The molecule has 2 N–H and O–H groups in total. The third-order valence-electron chi connectivity index (χ3n) is 2.80. The summed E-state index contributed by atoms with van der Waals surface area (Å²) in [4.78, 5) is 1.35. The molecule has 1 aromatic carbocycles. The highest BCUT2D eigenvalue weighted by Crippen LogP contribution is 2.26. The van der Waals surface area contributed by atoms with Crippen LogP contribution in [0.1, 0.15) is 38.7 Å². The zero-order chi connectivity index (χ0) is 12.7. The lowest BCUT2D eigenvalue weighted by atomic mass is 10.1. The van der Waals surface area contributed by atoms with Gasteiger partial charge in [-0.15, -0.1) is 11.8 Å². The van der Waals surface area contributed by atoms with Gasteiger partial charge < -0.3 is 5.73 Å². The van der Waals surface area contributed by atoms with Crippen LogP contribution in [-0.2, 0) is 6.42 Å². The predicted octanol–water partition coefficient (Wildman–Crippen LogP) is 4.62. The first-order valence-electron chi connectivity index (χ1n) is 6.34. The molecule has 0 amide bonds. The van der Waals surface area contributed by atoms with E-state index in [1.54, 1.807) is 0 Å². The third-order valence-corrected chi connectivity index (χ3v) is 4.62. The van der Waals surface area contributed by atoms with E-state index in [1.807, 2.05) is 11.8 Å². The van der Waals surface area contributed by atoms with Crippen molar-refractivity contribution in [3.63, 3.8) is 0 Å². The zero-order valence-electron chi connectivity index (χ0n) is 10.7. The van der Waals surface area contributed by atoms with Crippen LogP contribution >= 0.6 is 27.7 Å². The molecule has 0 bridgehead atoms. The number of benzene rings is 1. The molecule has 0 fully saturated rings. The van der Waals surface area contributed by atoms with Crippen molar-refractivity contribution in [2.45, 2.75) is 50.5 Å². The Morgan fingerprint density at radius 3 is 2.71 bits per heavy atom. The summed E-state index contributed by atoms with van der Waals surface area (Å²) in [5, 5.41) is 0. The number of unbranched alkanes of at least 4 members (excludes halogenated alkanes) is 1. The molecular formula is C14H22BrNS. The maximum atomic E-state index is 5.98. The van der Waals surface area contributed by atoms with Gasteiger partial charge in [-0.05, 0) is 42.7 Å². The number of nitrogens with two attached hydrogens (primary N) is 1. The monoisotopic (exact) mass is 315 g/mol. The molecule has 1 atom stereocenters. The van der Waals surface area contributed by atoms with Crippen molar-refractivity contribution in [2.24, 2.45) is 5.73 Å². The average Bonchev–Trinajstić information content (AvgIpc) is 2.32. The zero-order valence-corrected chi connectivity index (χ0v) is 13.1. The number of hydrogen-bond donors (Lipinski definition) is 1. The second-order valence-corrected chi connectivity index (χ2v) is 6.35. The van der Waals surface area contributed by atoms with Crippen molar-refractivity contribution in [1.82, 2.24) is 0 Å². The second-order valence-electron chi connectivity index (χ2n) is 4.33. The van der Waals surface area contributed by atoms with Crippen molar-refractivity contribution in [3.05, 3.63) is 28.2 Å². The Balaban J connectivity index is 2.59. The summed E-state index contributed by atoms with van der Waals surface area (Å²) in [7, 11) is 0. The van der Waals surface area contributed by atoms with Crippen LogP contribution in [-0.4, -0.2) is 11.8 Å². The van der Waals surface area contributed by atoms with Gasteiger partial charge in [0.2, 0.25) is 0 Å². The minimum atomic E-state index is 0.268. The van der Waals surface area contributed by atoms with Crippen molar-refractivity contribution in [2.75, 3.05) is 5.75 Å². The van der Waals surface area contributed by atoms with E-state index in [2.05, 4.69) is 48.0 Å². The number of rotatable bonds is 7. The fourth-order valence-corrected chi connectivity index (χ4v) is 3.27. The van der Waals surface area contributed by atoms with E-state index in [4.69, 9.17) is 5.73 Å². The van der Waals surface area contributed by atoms with Crippen LogP contribution in [0.25, 0.3) is 0 Å². The van der Waals surface area contributed by atoms with Crippen molar-refractivity contribution in [3.8, 4) is 0 Å². The largest absolute Gasteiger partial charge is 0.327 e. The van der Waals surface area contributed by atoms with Crippen molar-refractivity contribution < 1.29 is 0 Å². The van der Waals surface area contributed by atoms with Gasteiger partial charge in [0.15, 0.2) is 0 Å². The van der Waals surface area contributed by atoms with Gasteiger partial charge >= 0.3 is 0 Å². The predicted molar refractivity (Wildman–Crippen MR) is 81.7 cm³/mol. The van der Waals surface area contributed by atoms with Gasteiger partial charge in [0.05, 0.1) is 0 Å². The highest BCUT2D eigenvalue weighted by Gasteiger charge is 2.06. The van der Waals surface area contributed by atoms with E-state index in [0.29, 0.717) is 0 Å². The fourth-order valence-electron chi connectivity index (χ4n) is 1.54. The molecule has 1 nitrogen and oxygen atoms in total. The van der Waals surface area contributed by atoms with E-state index in [1.165, 1.54) is 33.5 Å². The van der Waals surface area contributed by atoms with Gasteiger partial charge in [-0.3, -0.25) is 0 Å². The second kappa shape index (κ2) is 8.17. The highest BCUT2D eigenvalue weighted by molar-refractivity contribution is 9.10. The molecule has 0 aliphatic heterocycles. The Bertz CT molecular complexity index is 341. The average molecular weight is 316 g/mol. The first kappa shape index (κ1) is 15.1. The first-order chi connectivity index (χ1) is 8.17. The number of halogens is 1. The van der Waals surface area contributed by atoms with E-state index >= 15 is 0 Å². The molecule has 0 saturated carbocycles. The molecule has 0 aliphatic carbocycles. The molecule has 96 valence electrons. The standard InChI is InChI=1S/C14H22BrNS/c1-3-5-8-17-13-7-6-11(14(15)10-13)9-12(16)4-2/h6-7,10,12H,3-5,8-9,16H2,1-2H3. The molecule has 0 saturated heterocycles. The van der Waals surface area contributed by atoms with Crippen LogP contribution in [0.5, 0.6) is 0 Å². The van der Waals surface area contributed by atoms with Crippen LogP contribution in [0.4, 0.5) is 0 Å². The summed E-state index contributed by atoms with van der Waals surface area (Å²) in [6, 6.07) is 6.90. The van der Waals surface area contributed by atoms with Gasteiger partial charge in [0, 0.05) is 15.4 Å². The van der Waals surface area contributed by atoms with Gasteiger partial charge in [-0.25, -0.2) is 0 Å². The lowest BCUT2D eigenvalue weighted by molar-refractivity contribution is 0.645. The minimum absolute atomic E-state index is 0.268. The normalized spacial score (nSPS) is 12.7. The van der Waals surface area contributed by atoms with Crippen LogP contribution in [0, 0.1) is 0 Å². The van der Waals surface area contributed by atoms with E-state index in [-0.39, 0.29) is 6.04 Å². The number of hydrogen-bond acceptors (Lipinski definition) is 2. The van der Waals surface area contributed by atoms with Crippen molar-refractivity contribution >= 4 is 27.7 Å². The maximum Gasteiger partial charge on any atom is 0.0219 e. The quantitative estimate of drug-likeness (QED) is 0.587. The smallest absolute Gasteiger partial charge is 0.0219 e. The molecule has 1 unspecified atom stereocenters. The molecule has 0 radical (unpaired) electrons. The van der Waals surface area contributed by atoms with Crippen LogP contribution in [0.15, 0.2) is 27.6 Å². The van der Waals surface area contributed by atoms with E-state index in [0.717, 1.165) is 12.8 Å². The SMILES string of the molecule is CCCCSc1ccc(CC(N)CC)c(Br)c1. The maximum absolute atomic E-state index is 5.98. The Kier molecular flexibility index (Phi) is 7.24. The Labute approximate surface area is 118 Å². The van der Waals surface area contributed by atoms with Gasteiger partial charge in [0.25, 0.3) is 0 Å². The summed E-state index contributed by atoms with van der Waals surface area (Å²) in [5.41, 5.74) is 7.30. The highest BCUT2D eigenvalue weighted by atomic mass is 79.9. The summed E-state index contributed by atoms with van der Waals surface area (Å²) in [6.45, 7) is 4.36. The lowest BCUT2D eigenvalue weighted by Crippen LogP contribution is -2.21. The summed E-state index contributed by atoms with van der Waals surface area (Å²) in [6.07, 6.45) is 4.53. The molecule has 3 heteroatoms. The molecule has 17 heavy (non-hydrogen) atoms. The third kappa shape index (κ3) is 5.45. The fraction of sp³-hybridized carbons (Fsp3) is 0.571. The Morgan fingerprint density at radius 1 is 1.35 bits per heavy atom. The molecule has 0 spiro atoms. The van der Waals surface area contributed by atoms with Gasteiger partial charge in [-0.1, -0.05) is 42.3 Å². The van der Waals surface area contributed by atoms with E-state index < -0.39 is 0 Å². The Hall–Kier alpha value is 0.01000. The molecule has 1 aromatic rings. The summed E-state index contributed by atoms with van der Waals surface area (Å²) in [5.74, 6) is 1.21. The number of thioether (sulfide) groups is 1. The summed E-state index contributed by atoms with van der Waals surface area (Å²) >= 11 is 5.58. The van der Waals surface area contributed by atoms with Gasteiger partial charge in [-0.2, -0.15) is 0 Å². The lowest BCUT2D eigenvalue weighted by Gasteiger charge is -2.11. The molecule has 0 aliphatic rings. The Morgan fingerprint density at radius 2 is 2.12 bits per heavy atom. The van der Waals surface area contributed by atoms with Crippen molar-refractivity contribution in [1.29, 1.82) is 0 Å². The minimum Gasteiger partial charge on any atom is -0.327 e. The van der Waals surface area contributed by atoms with Crippen LogP contribution < -0.4 is 5.73 Å². The topological polar surface area (TPSA) is 26.0 Å². The van der Waals surface area contributed by atoms with Gasteiger partial charge in [0.1, 0.15) is 0 Å². The van der Waals surface area contributed by atoms with E-state index in [9.17, 15) is 0 Å². The first-order valence-corrected chi connectivity index (χ1v) is 8.12. The summed E-state index contributed by atoms with van der Waals surface area (Å²) < 4.78 is 1.20.